The van der Waals surface area contributed by atoms with Crippen molar-refractivity contribution in [3.05, 3.63) is 65.3 Å². The van der Waals surface area contributed by atoms with Crippen molar-refractivity contribution in [3.8, 4) is 0 Å². The van der Waals surface area contributed by atoms with Gasteiger partial charge in [-0.3, -0.25) is 9.59 Å². The number of anilines is 1. The zero-order valence-corrected chi connectivity index (χ0v) is 16.8. The zero-order valence-electron chi connectivity index (χ0n) is 16.0. The van der Waals surface area contributed by atoms with Crippen LogP contribution in [0.5, 0.6) is 0 Å². The van der Waals surface area contributed by atoms with E-state index in [-0.39, 0.29) is 24.8 Å². The molecular weight excluding hydrogens is 388 g/mol. The number of carbonyl (C=O) groups excluding carboxylic acids is 2. The van der Waals surface area contributed by atoms with Gasteiger partial charge in [0.25, 0.3) is 0 Å². The normalized spacial score (nSPS) is 14.2. The number of hydrogen-bond donors (Lipinski definition) is 2. The van der Waals surface area contributed by atoms with Crippen LogP contribution in [-0.2, 0) is 16.0 Å². The molecular formula is C22H23ClN4O2. The number of hydrogen-bond acceptors (Lipinski definition) is 3. The minimum Gasteiger partial charge on any atom is -0.368 e. The monoisotopic (exact) mass is 410 g/mol. The van der Waals surface area contributed by atoms with Crippen LogP contribution in [0.3, 0.4) is 0 Å². The Hall–Kier alpha value is -2.99. The second-order valence-corrected chi connectivity index (χ2v) is 7.59. The molecule has 7 heteroatoms. The summed E-state index contributed by atoms with van der Waals surface area (Å²) in [6, 6.07) is 15.6. The van der Waals surface area contributed by atoms with Gasteiger partial charge < -0.3 is 20.1 Å². The molecule has 3 aromatic rings. The van der Waals surface area contributed by atoms with Gasteiger partial charge in [0.15, 0.2) is 0 Å². The van der Waals surface area contributed by atoms with Crippen molar-refractivity contribution in [2.24, 2.45) is 0 Å². The predicted octanol–water partition coefficient (Wildman–Crippen LogP) is 2.83. The van der Waals surface area contributed by atoms with Gasteiger partial charge in [0.2, 0.25) is 11.8 Å². The maximum absolute atomic E-state index is 12.5. The first-order chi connectivity index (χ1) is 14.1. The minimum atomic E-state index is -0.150. The van der Waals surface area contributed by atoms with E-state index >= 15 is 0 Å². The molecule has 2 heterocycles. The number of aromatic amines is 1. The van der Waals surface area contributed by atoms with E-state index in [2.05, 4.69) is 15.2 Å². The molecule has 4 rings (SSSR count). The number of halogens is 1. The fraction of sp³-hybridized carbons (Fsp3) is 0.273. The highest BCUT2D eigenvalue weighted by Gasteiger charge is 2.21. The van der Waals surface area contributed by atoms with Gasteiger partial charge in [0.1, 0.15) is 0 Å². The van der Waals surface area contributed by atoms with Crippen molar-refractivity contribution in [2.75, 3.05) is 37.6 Å². The van der Waals surface area contributed by atoms with Crippen molar-refractivity contribution in [2.45, 2.75) is 6.42 Å². The third-order valence-electron chi connectivity index (χ3n) is 5.29. The summed E-state index contributed by atoms with van der Waals surface area (Å²) in [5, 5.41) is 4.51. The first kappa shape index (κ1) is 19.3. The van der Waals surface area contributed by atoms with Crippen LogP contribution in [0.25, 0.3) is 10.9 Å². The van der Waals surface area contributed by atoms with Gasteiger partial charge in [-0.05, 0) is 35.9 Å². The average Bonchev–Trinajstić information content (AvgIpc) is 3.15. The summed E-state index contributed by atoms with van der Waals surface area (Å²) < 4.78 is 0. The number of para-hydroxylation sites is 1. The van der Waals surface area contributed by atoms with E-state index in [0.29, 0.717) is 18.1 Å². The fourth-order valence-electron chi connectivity index (χ4n) is 3.67. The lowest BCUT2D eigenvalue weighted by Gasteiger charge is -2.36. The summed E-state index contributed by atoms with van der Waals surface area (Å²) in [5.74, 6) is -0.198. The highest BCUT2D eigenvalue weighted by molar-refractivity contribution is 6.30. The molecule has 2 aromatic carbocycles. The number of benzene rings is 2. The molecule has 6 nitrogen and oxygen atoms in total. The molecule has 1 saturated heterocycles. The molecule has 0 spiro atoms. The summed E-state index contributed by atoms with van der Waals surface area (Å²) >= 11 is 5.94. The summed E-state index contributed by atoms with van der Waals surface area (Å²) in [6.45, 7) is 2.83. The quantitative estimate of drug-likeness (QED) is 0.679. The molecule has 150 valence electrons. The van der Waals surface area contributed by atoms with Crippen molar-refractivity contribution in [1.29, 1.82) is 0 Å². The lowest BCUT2D eigenvalue weighted by atomic mass is 10.1. The molecule has 29 heavy (non-hydrogen) atoms. The summed E-state index contributed by atoms with van der Waals surface area (Å²) in [6.07, 6.45) is 2.10. The number of H-pyrrole nitrogens is 1. The predicted molar refractivity (Wildman–Crippen MR) is 115 cm³/mol. The Kier molecular flexibility index (Phi) is 5.71. The molecule has 0 unspecified atom stereocenters. The van der Waals surface area contributed by atoms with E-state index < -0.39 is 0 Å². The minimum absolute atomic E-state index is 0.0299. The number of nitrogens with zero attached hydrogens (tertiary/aromatic N) is 2. The van der Waals surface area contributed by atoms with Crippen LogP contribution in [0.2, 0.25) is 5.02 Å². The molecule has 1 aromatic heterocycles. The summed E-state index contributed by atoms with van der Waals surface area (Å²) in [7, 11) is 0. The first-order valence-electron chi connectivity index (χ1n) is 9.70. The standard InChI is InChI=1S/C22H23ClN4O2/c23-17-5-7-18(8-6-17)26-9-11-27(12-10-26)22(29)15-25-21(28)13-16-14-24-20-4-2-1-3-19(16)20/h1-8,14,24H,9-13,15H2,(H,25,28). The van der Waals surface area contributed by atoms with Crippen LogP contribution >= 0.6 is 11.6 Å². The summed E-state index contributed by atoms with van der Waals surface area (Å²) in [5.41, 5.74) is 3.04. The van der Waals surface area contributed by atoms with Crippen LogP contribution in [-0.4, -0.2) is 54.4 Å². The Morgan fingerprint density at radius 3 is 2.48 bits per heavy atom. The van der Waals surface area contributed by atoms with Gasteiger partial charge >= 0.3 is 0 Å². The van der Waals surface area contributed by atoms with Crippen LogP contribution in [0, 0.1) is 0 Å². The largest absolute Gasteiger partial charge is 0.368 e. The Morgan fingerprint density at radius 2 is 1.72 bits per heavy atom. The summed E-state index contributed by atoms with van der Waals surface area (Å²) in [4.78, 5) is 32.0. The van der Waals surface area contributed by atoms with Gasteiger partial charge in [0, 0.05) is 54.0 Å². The Morgan fingerprint density at radius 1 is 1.00 bits per heavy atom. The fourth-order valence-corrected chi connectivity index (χ4v) is 3.79. The molecule has 0 bridgehead atoms. The SMILES string of the molecule is O=C(Cc1c[nH]c2ccccc12)NCC(=O)N1CCN(c2ccc(Cl)cc2)CC1. The smallest absolute Gasteiger partial charge is 0.242 e. The Balaban J connectivity index is 1.24. The van der Waals surface area contributed by atoms with Crippen molar-refractivity contribution in [1.82, 2.24) is 15.2 Å². The van der Waals surface area contributed by atoms with E-state index in [0.717, 1.165) is 35.2 Å². The maximum Gasteiger partial charge on any atom is 0.242 e. The first-order valence-corrected chi connectivity index (χ1v) is 10.1. The highest BCUT2D eigenvalue weighted by Crippen LogP contribution is 2.20. The Bertz CT molecular complexity index is 1010. The van der Waals surface area contributed by atoms with E-state index in [1.807, 2.05) is 54.7 Å². The number of carbonyl (C=O) groups is 2. The molecule has 0 atom stereocenters. The van der Waals surface area contributed by atoms with Crippen LogP contribution in [0.4, 0.5) is 5.69 Å². The maximum atomic E-state index is 12.5. The van der Waals surface area contributed by atoms with Crippen molar-refractivity contribution >= 4 is 40.0 Å². The van der Waals surface area contributed by atoms with Gasteiger partial charge in [-0.15, -0.1) is 0 Å². The van der Waals surface area contributed by atoms with E-state index in [9.17, 15) is 9.59 Å². The molecule has 1 aliphatic rings. The van der Waals surface area contributed by atoms with Gasteiger partial charge in [-0.2, -0.15) is 0 Å². The van der Waals surface area contributed by atoms with E-state index in [4.69, 9.17) is 11.6 Å². The van der Waals surface area contributed by atoms with Crippen LogP contribution in [0.15, 0.2) is 54.7 Å². The topological polar surface area (TPSA) is 68.4 Å². The third-order valence-corrected chi connectivity index (χ3v) is 5.54. The lowest BCUT2D eigenvalue weighted by Crippen LogP contribution is -2.51. The van der Waals surface area contributed by atoms with Crippen molar-refractivity contribution in [3.63, 3.8) is 0 Å². The van der Waals surface area contributed by atoms with E-state index in [1.54, 1.807) is 4.90 Å². The number of piperazine rings is 1. The van der Waals surface area contributed by atoms with Crippen molar-refractivity contribution < 1.29 is 9.59 Å². The second kappa shape index (κ2) is 8.57. The number of nitrogens with one attached hydrogen (secondary N) is 2. The molecule has 0 saturated carbocycles. The Labute approximate surface area is 174 Å². The number of amides is 2. The number of rotatable bonds is 5. The second-order valence-electron chi connectivity index (χ2n) is 7.16. The van der Waals surface area contributed by atoms with Gasteiger partial charge in [-0.25, -0.2) is 0 Å². The molecule has 0 aliphatic carbocycles. The molecule has 1 fully saturated rings. The average molecular weight is 411 g/mol. The van der Waals surface area contributed by atoms with Gasteiger partial charge in [0.05, 0.1) is 13.0 Å². The van der Waals surface area contributed by atoms with Crippen LogP contribution in [0.1, 0.15) is 5.56 Å². The molecule has 1 aliphatic heterocycles. The number of fused-ring (bicyclic) bond motifs is 1. The van der Waals surface area contributed by atoms with E-state index in [1.165, 1.54) is 0 Å². The lowest BCUT2D eigenvalue weighted by molar-refractivity contribution is -0.133. The molecule has 2 N–H and O–H groups in total. The number of aromatic nitrogens is 1. The molecule has 0 radical (unpaired) electrons. The molecule has 2 amide bonds. The van der Waals surface area contributed by atoms with Crippen LogP contribution < -0.4 is 10.2 Å². The highest BCUT2D eigenvalue weighted by atomic mass is 35.5. The third kappa shape index (κ3) is 4.54. The van der Waals surface area contributed by atoms with Gasteiger partial charge in [-0.1, -0.05) is 29.8 Å². The zero-order chi connectivity index (χ0) is 20.2.